The highest BCUT2D eigenvalue weighted by Gasteiger charge is 2.14. The van der Waals surface area contributed by atoms with Gasteiger partial charge in [0.15, 0.2) is 11.6 Å². The molecule has 1 N–H and O–H groups in total. The molecule has 0 radical (unpaired) electrons. The zero-order chi connectivity index (χ0) is 12.8. The van der Waals surface area contributed by atoms with Gasteiger partial charge in [-0.05, 0) is 26.0 Å². The van der Waals surface area contributed by atoms with Gasteiger partial charge in [0.25, 0.3) is 0 Å². The van der Waals surface area contributed by atoms with Crippen molar-refractivity contribution in [2.24, 2.45) is 0 Å². The molecule has 0 amide bonds. The molecule has 17 heavy (non-hydrogen) atoms. The van der Waals surface area contributed by atoms with Gasteiger partial charge in [0.05, 0.1) is 13.7 Å². The first-order chi connectivity index (χ1) is 8.08. The molecule has 0 saturated carbocycles. The number of carbonyl (C=O) groups excluding carboxylic acids is 1. The maximum atomic E-state index is 13.1. The fourth-order valence-corrected chi connectivity index (χ4v) is 1.33. The first-order valence-electron chi connectivity index (χ1n) is 5.35. The van der Waals surface area contributed by atoms with Crippen molar-refractivity contribution in [1.82, 2.24) is 0 Å². The van der Waals surface area contributed by atoms with E-state index in [2.05, 4.69) is 5.32 Å². The molecule has 0 aliphatic carbocycles. The molecule has 4 nitrogen and oxygen atoms in total. The molecule has 1 unspecified atom stereocenters. The molecule has 0 spiro atoms. The Morgan fingerprint density at radius 1 is 1.53 bits per heavy atom. The van der Waals surface area contributed by atoms with E-state index in [9.17, 15) is 9.18 Å². The lowest BCUT2D eigenvalue weighted by molar-refractivity contribution is -0.143. The average molecular weight is 241 g/mol. The number of halogens is 1. The number of hydrogen-bond donors (Lipinski definition) is 1. The Balaban J connectivity index is 2.71. The number of benzene rings is 1. The van der Waals surface area contributed by atoms with Gasteiger partial charge in [-0.1, -0.05) is 0 Å². The molecule has 0 bridgehead atoms. The fraction of sp³-hybridized carbons (Fsp3) is 0.417. The predicted molar refractivity (Wildman–Crippen MR) is 62.7 cm³/mol. The van der Waals surface area contributed by atoms with Crippen LogP contribution in [0.1, 0.15) is 13.8 Å². The number of rotatable bonds is 5. The van der Waals surface area contributed by atoms with Crippen molar-refractivity contribution in [2.45, 2.75) is 19.9 Å². The lowest BCUT2D eigenvalue weighted by Gasteiger charge is -2.14. The van der Waals surface area contributed by atoms with Gasteiger partial charge < -0.3 is 14.8 Å². The number of carbonyl (C=O) groups is 1. The smallest absolute Gasteiger partial charge is 0.328 e. The summed E-state index contributed by atoms with van der Waals surface area (Å²) in [5.74, 6) is -0.663. The van der Waals surface area contributed by atoms with Crippen LogP contribution in [0.2, 0.25) is 0 Å². The molecule has 94 valence electrons. The summed E-state index contributed by atoms with van der Waals surface area (Å²) in [7, 11) is 1.39. The van der Waals surface area contributed by atoms with Gasteiger partial charge in [0.2, 0.25) is 0 Å². The summed E-state index contributed by atoms with van der Waals surface area (Å²) in [5, 5.41) is 2.91. The summed E-state index contributed by atoms with van der Waals surface area (Å²) in [6, 6.07) is 3.81. The van der Waals surface area contributed by atoms with Crippen LogP contribution < -0.4 is 10.1 Å². The minimum Gasteiger partial charge on any atom is -0.494 e. The van der Waals surface area contributed by atoms with Crippen LogP contribution in [0.5, 0.6) is 5.75 Å². The lowest BCUT2D eigenvalue weighted by atomic mass is 10.2. The predicted octanol–water partition coefficient (Wildman–Crippen LogP) is 2.20. The zero-order valence-corrected chi connectivity index (χ0v) is 10.1. The van der Waals surface area contributed by atoms with E-state index in [-0.39, 0.29) is 11.7 Å². The van der Waals surface area contributed by atoms with Crippen molar-refractivity contribution >= 4 is 11.7 Å². The van der Waals surface area contributed by atoms with Crippen molar-refractivity contribution in [3.8, 4) is 5.75 Å². The molecular weight excluding hydrogens is 225 g/mol. The minimum atomic E-state index is -0.495. The van der Waals surface area contributed by atoms with Crippen LogP contribution >= 0.6 is 0 Å². The Hall–Kier alpha value is -1.78. The summed E-state index contributed by atoms with van der Waals surface area (Å²) in [6.07, 6.45) is 0. The molecular formula is C12H16FNO3. The molecule has 0 fully saturated rings. The minimum absolute atomic E-state index is 0.131. The maximum absolute atomic E-state index is 13.1. The third-order valence-corrected chi connectivity index (χ3v) is 2.17. The Kier molecular flexibility index (Phi) is 4.75. The van der Waals surface area contributed by atoms with E-state index in [1.165, 1.54) is 25.3 Å². The third-order valence-electron chi connectivity index (χ3n) is 2.17. The van der Waals surface area contributed by atoms with Crippen LogP contribution in [-0.4, -0.2) is 25.7 Å². The second-order valence-corrected chi connectivity index (χ2v) is 3.47. The van der Waals surface area contributed by atoms with Crippen molar-refractivity contribution < 1.29 is 18.7 Å². The Morgan fingerprint density at radius 3 is 2.82 bits per heavy atom. The van der Waals surface area contributed by atoms with E-state index in [0.29, 0.717) is 12.3 Å². The Bertz CT molecular complexity index is 395. The van der Waals surface area contributed by atoms with Gasteiger partial charge in [-0.25, -0.2) is 9.18 Å². The second-order valence-electron chi connectivity index (χ2n) is 3.47. The van der Waals surface area contributed by atoms with E-state index < -0.39 is 11.9 Å². The van der Waals surface area contributed by atoms with Gasteiger partial charge in [-0.2, -0.15) is 0 Å². The van der Waals surface area contributed by atoms with E-state index >= 15 is 0 Å². The number of nitrogens with one attached hydrogen (secondary N) is 1. The summed E-state index contributed by atoms with van der Waals surface area (Å²) >= 11 is 0. The van der Waals surface area contributed by atoms with Crippen LogP contribution in [0.25, 0.3) is 0 Å². The van der Waals surface area contributed by atoms with Crippen LogP contribution in [0.4, 0.5) is 10.1 Å². The average Bonchev–Trinajstić information content (AvgIpc) is 2.31. The first kappa shape index (κ1) is 13.3. The van der Waals surface area contributed by atoms with Gasteiger partial charge in [-0.3, -0.25) is 0 Å². The van der Waals surface area contributed by atoms with Gasteiger partial charge in [0.1, 0.15) is 6.04 Å². The van der Waals surface area contributed by atoms with E-state index in [0.717, 1.165) is 0 Å². The first-order valence-corrected chi connectivity index (χ1v) is 5.35. The molecule has 1 aromatic carbocycles. The molecule has 0 aromatic heterocycles. The summed E-state index contributed by atoms with van der Waals surface area (Å²) in [6.45, 7) is 3.75. The zero-order valence-electron chi connectivity index (χ0n) is 10.1. The maximum Gasteiger partial charge on any atom is 0.328 e. The van der Waals surface area contributed by atoms with Crippen LogP contribution in [0.15, 0.2) is 18.2 Å². The number of hydrogen-bond acceptors (Lipinski definition) is 4. The van der Waals surface area contributed by atoms with Crippen LogP contribution in [0, 0.1) is 5.82 Å². The molecule has 0 aliphatic rings. The van der Waals surface area contributed by atoms with Crippen molar-refractivity contribution in [3.63, 3.8) is 0 Å². The molecule has 5 heteroatoms. The third kappa shape index (κ3) is 3.62. The van der Waals surface area contributed by atoms with Crippen molar-refractivity contribution in [2.75, 3.05) is 19.0 Å². The van der Waals surface area contributed by atoms with E-state index in [1.54, 1.807) is 13.8 Å². The largest absolute Gasteiger partial charge is 0.494 e. The summed E-state index contributed by atoms with van der Waals surface area (Å²) in [4.78, 5) is 11.4. The second kappa shape index (κ2) is 6.08. The Labute approximate surface area is 99.7 Å². The van der Waals surface area contributed by atoms with Crippen LogP contribution in [0.3, 0.4) is 0 Å². The van der Waals surface area contributed by atoms with E-state index in [1.807, 2.05) is 0 Å². The normalized spacial score (nSPS) is 11.8. The van der Waals surface area contributed by atoms with Gasteiger partial charge in [-0.15, -0.1) is 0 Å². The molecule has 1 atom stereocenters. The summed E-state index contributed by atoms with van der Waals surface area (Å²) in [5.41, 5.74) is 0.601. The van der Waals surface area contributed by atoms with Crippen molar-refractivity contribution in [3.05, 3.63) is 24.0 Å². The Morgan fingerprint density at radius 2 is 2.24 bits per heavy atom. The fourth-order valence-electron chi connectivity index (χ4n) is 1.33. The molecule has 0 heterocycles. The number of esters is 1. The highest BCUT2D eigenvalue weighted by atomic mass is 19.1. The quantitative estimate of drug-likeness (QED) is 0.803. The lowest BCUT2D eigenvalue weighted by Crippen LogP contribution is -2.28. The van der Waals surface area contributed by atoms with Gasteiger partial charge in [0, 0.05) is 11.8 Å². The van der Waals surface area contributed by atoms with Crippen molar-refractivity contribution in [1.29, 1.82) is 0 Å². The standard InChI is InChI=1S/C12H16FNO3/c1-4-17-12(15)8(2)14-9-5-6-10(13)11(7-9)16-3/h5-8,14H,4H2,1-3H3. The van der Waals surface area contributed by atoms with Gasteiger partial charge >= 0.3 is 5.97 Å². The monoisotopic (exact) mass is 241 g/mol. The highest BCUT2D eigenvalue weighted by Crippen LogP contribution is 2.21. The molecule has 0 aliphatic heterocycles. The SMILES string of the molecule is CCOC(=O)C(C)Nc1ccc(F)c(OC)c1. The van der Waals surface area contributed by atoms with Crippen LogP contribution in [-0.2, 0) is 9.53 Å². The number of methoxy groups -OCH3 is 1. The molecule has 1 aromatic rings. The summed E-state index contributed by atoms with van der Waals surface area (Å²) < 4.78 is 22.8. The molecule has 0 saturated heterocycles. The van der Waals surface area contributed by atoms with E-state index in [4.69, 9.17) is 9.47 Å². The number of anilines is 1. The molecule has 1 rings (SSSR count). The topological polar surface area (TPSA) is 47.6 Å². The number of ether oxygens (including phenoxy) is 2. The highest BCUT2D eigenvalue weighted by molar-refractivity contribution is 5.78.